The van der Waals surface area contributed by atoms with E-state index in [9.17, 15) is 18.8 Å². The minimum Gasteiger partial charge on any atom is -0.364 e. The number of nitrogens with two attached hydrogens (primary N) is 1. The molecule has 1 aliphatic heterocycles. The number of carbonyl (C=O) groups excluding carboxylic acids is 3. The van der Waals surface area contributed by atoms with Crippen LogP contribution in [0.3, 0.4) is 0 Å². The number of hydrogen-bond acceptors (Lipinski definition) is 4. The molecule has 10 heteroatoms. The van der Waals surface area contributed by atoms with Crippen molar-refractivity contribution in [3.63, 3.8) is 0 Å². The highest BCUT2D eigenvalue weighted by Gasteiger charge is 2.55. The molecule has 1 aromatic heterocycles. The number of aromatic nitrogens is 2. The zero-order chi connectivity index (χ0) is 23.3. The first-order valence-electron chi connectivity index (χ1n) is 10.6. The van der Waals surface area contributed by atoms with Crippen LogP contribution in [0.1, 0.15) is 28.9 Å². The minimum atomic E-state index is -0.675. The number of halogens is 2. The summed E-state index contributed by atoms with van der Waals surface area (Å²) in [6, 6.07) is 11.0. The SMILES string of the molecule is NC(=O)c1nn(CC(=O)N2[C@@H]3CC3C[C@H]2C(=O)NCc2cccc(Cl)c2F)c2ccccc12. The molecule has 5 rings (SSSR count). The van der Waals surface area contributed by atoms with Crippen LogP contribution in [-0.4, -0.2) is 44.5 Å². The molecule has 1 saturated carbocycles. The van der Waals surface area contributed by atoms with Crippen LogP contribution in [0.2, 0.25) is 5.02 Å². The number of nitrogens with zero attached hydrogens (tertiary/aromatic N) is 3. The molecule has 1 saturated heterocycles. The lowest BCUT2D eigenvalue weighted by molar-refractivity contribution is -0.140. The Morgan fingerprint density at radius 2 is 1.94 bits per heavy atom. The highest BCUT2D eigenvalue weighted by molar-refractivity contribution is 6.30. The fourth-order valence-electron chi connectivity index (χ4n) is 4.67. The van der Waals surface area contributed by atoms with Crippen LogP contribution < -0.4 is 11.1 Å². The van der Waals surface area contributed by atoms with Crippen LogP contribution in [0, 0.1) is 11.7 Å². The van der Waals surface area contributed by atoms with Crippen molar-refractivity contribution in [2.75, 3.05) is 0 Å². The molecule has 2 heterocycles. The fraction of sp³-hybridized carbons (Fsp3) is 0.304. The smallest absolute Gasteiger partial charge is 0.269 e. The topological polar surface area (TPSA) is 110 Å². The van der Waals surface area contributed by atoms with Gasteiger partial charge in [-0.2, -0.15) is 5.10 Å². The van der Waals surface area contributed by atoms with E-state index in [0.29, 0.717) is 17.3 Å². The summed E-state index contributed by atoms with van der Waals surface area (Å²) in [5.41, 5.74) is 6.43. The lowest BCUT2D eigenvalue weighted by Crippen LogP contribution is -2.48. The molecule has 8 nitrogen and oxygen atoms in total. The first-order chi connectivity index (χ1) is 15.8. The summed E-state index contributed by atoms with van der Waals surface area (Å²) < 4.78 is 15.6. The van der Waals surface area contributed by atoms with Gasteiger partial charge in [0.15, 0.2) is 5.69 Å². The monoisotopic (exact) mass is 469 g/mol. The molecule has 2 aliphatic rings. The summed E-state index contributed by atoms with van der Waals surface area (Å²) in [5, 5.41) is 7.53. The standard InChI is InChI=1S/C23H21ClFN5O3/c24-15-6-3-4-12(20(15)25)10-27-23(33)18-9-13-8-17(13)30(18)19(31)11-29-16-7-2-1-5-14(16)21(28-29)22(26)32/h1-7,13,17-18H,8-11H2,(H2,26,32)(H,27,33)/t13?,17-,18+/m1/s1. The third-order valence-electron chi connectivity index (χ3n) is 6.36. The van der Waals surface area contributed by atoms with Crippen molar-refractivity contribution < 1.29 is 18.8 Å². The third kappa shape index (κ3) is 3.82. The molecule has 0 bridgehead atoms. The van der Waals surface area contributed by atoms with E-state index in [4.69, 9.17) is 17.3 Å². The number of piperidine rings is 1. The molecule has 0 radical (unpaired) electrons. The summed E-state index contributed by atoms with van der Waals surface area (Å²) >= 11 is 5.81. The second kappa shape index (κ2) is 8.15. The Kier molecular flexibility index (Phi) is 5.28. The number of fused-ring (bicyclic) bond motifs is 2. The molecule has 3 aromatic rings. The zero-order valence-corrected chi connectivity index (χ0v) is 18.3. The van der Waals surface area contributed by atoms with Crippen molar-refractivity contribution in [1.82, 2.24) is 20.0 Å². The number of amides is 3. The van der Waals surface area contributed by atoms with Gasteiger partial charge in [0.2, 0.25) is 11.8 Å². The highest BCUT2D eigenvalue weighted by atomic mass is 35.5. The normalized spacial score (nSPS) is 21.2. The second-order valence-electron chi connectivity index (χ2n) is 8.43. The van der Waals surface area contributed by atoms with Gasteiger partial charge in [0.05, 0.1) is 10.5 Å². The zero-order valence-electron chi connectivity index (χ0n) is 17.5. The van der Waals surface area contributed by atoms with Crippen molar-refractivity contribution in [3.05, 3.63) is 64.6 Å². The number of likely N-dealkylation sites (tertiary alicyclic amines) is 1. The number of para-hydroxylation sites is 1. The Morgan fingerprint density at radius 1 is 1.15 bits per heavy atom. The van der Waals surface area contributed by atoms with Gasteiger partial charge in [-0.05, 0) is 30.9 Å². The van der Waals surface area contributed by atoms with Gasteiger partial charge >= 0.3 is 0 Å². The molecule has 3 N–H and O–H groups in total. The van der Waals surface area contributed by atoms with Crippen LogP contribution in [0.5, 0.6) is 0 Å². The van der Waals surface area contributed by atoms with Crippen LogP contribution >= 0.6 is 11.6 Å². The Labute approximate surface area is 193 Å². The van der Waals surface area contributed by atoms with E-state index in [-0.39, 0.29) is 53.1 Å². The maximum Gasteiger partial charge on any atom is 0.269 e. The van der Waals surface area contributed by atoms with Crippen LogP contribution in [0.4, 0.5) is 4.39 Å². The van der Waals surface area contributed by atoms with Gasteiger partial charge in [-0.25, -0.2) is 4.39 Å². The maximum atomic E-state index is 14.1. The van der Waals surface area contributed by atoms with E-state index in [2.05, 4.69) is 10.4 Å². The van der Waals surface area contributed by atoms with Crippen molar-refractivity contribution in [2.45, 2.75) is 38.0 Å². The first-order valence-corrected chi connectivity index (χ1v) is 11.0. The largest absolute Gasteiger partial charge is 0.364 e. The van der Waals surface area contributed by atoms with Crippen molar-refractivity contribution in [1.29, 1.82) is 0 Å². The number of carbonyl (C=O) groups is 3. The molecule has 2 fully saturated rings. The molecular weight excluding hydrogens is 449 g/mol. The number of primary amides is 1. The average Bonchev–Trinajstić information content (AvgIpc) is 3.30. The Bertz CT molecular complexity index is 1290. The Balaban J connectivity index is 1.33. The van der Waals surface area contributed by atoms with Crippen molar-refractivity contribution in [3.8, 4) is 0 Å². The Hall–Kier alpha value is -3.46. The van der Waals surface area contributed by atoms with Crippen LogP contribution in [0.15, 0.2) is 42.5 Å². The van der Waals surface area contributed by atoms with E-state index in [1.165, 1.54) is 10.7 Å². The number of benzene rings is 2. The predicted octanol–water partition coefficient (Wildman–Crippen LogP) is 2.23. The van der Waals surface area contributed by atoms with Gasteiger partial charge in [0, 0.05) is 23.5 Å². The summed E-state index contributed by atoms with van der Waals surface area (Å²) in [5.74, 6) is -1.57. The van der Waals surface area contributed by atoms with E-state index in [1.807, 2.05) is 0 Å². The number of hydrogen-bond donors (Lipinski definition) is 2. The van der Waals surface area contributed by atoms with E-state index in [0.717, 1.165) is 6.42 Å². The van der Waals surface area contributed by atoms with Crippen molar-refractivity contribution in [2.24, 2.45) is 11.7 Å². The van der Waals surface area contributed by atoms with Crippen molar-refractivity contribution >= 4 is 40.2 Å². The van der Waals surface area contributed by atoms with Gasteiger partial charge in [-0.15, -0.1) is 0 Å². The van der Waals surface area contributed by atoms with Crippen LogP contribution in [0.25, 0.3) is 10.9 Å². The van der Waals surface area contributed by atoms with Gasteiger partial charge in [-0.3, -0.25) is 19.1 Å². The molecule has 2 aromatic carbocycles. The first kappa shape index (κ1) is 21.4. The molecule has 170 valence electrons. The predicted molar refractivity (Wildman–Crippen MR) is 119 cm³/mol. The molecule has 3 atom stereocenters. The average molecular weight is 470 g/mol. The molecular formula is C23H21ClFN5O3. The Morgan fingerprint density at radius 3 is 2.73 bits per heavy atom. The lowest BCUT2D eigenvalue weighted by atomic mass is 10.1. The van der Waals surface area contributed by atoms with Gasteiger partial charge < -0.3 is 16.0 Å². The molecule has 0 spiro atoms. The van der Waals surface area contributed by atoms with Crippen LogP contribution in [-0.2, 0) is 22.7 Å². The highest BCUT2D eigenvalue weighted by Crippen LogP contribution is 2.48. The summed E-state index contributed by atoms with van der Waals surface area (Å²) in [4.78, 5) is 39.5. The second-order valence-corrected chi connectivity index (χ2v) is 8.84. The third-order valence-corrected chi connectivity index (χ3v) is 6.65. The van der Waals surface area contributed by atoms with E-state index < -0.39 is 17.8 Å². The number of rotatable bonds is 6. The van der Waals surface area contributed by atoms with E-state index in [1.54, 1.807) is 41.3 Å². The molecule has 3 amide bonds. The summed E-state index contributed by atoms with van der Waals surface area (Å²) in [6.45, 7) is -0.144. The quantitative estimate of drug-likeness (QED) is 0.576. The van der Waals surface area contributed by atoms with Gasteiger partial charge in [0.25, 0.3) is 5.91 Å². The number of nitrogens with one attached hydrogen (secondary N) is 1. The summed E-state index contributed by atoms with van der Waals surface area (Å²) in [7, 11) is 0. The van der Waals surface area contributed by atoms with E-state index >= 15 is 0 Å². The van der Waals surface area contributed by atoms with Gasteiger partial charge in [0.1, 0.15) is 18.4 Å². The maximum absolute atomic E-state index is 14.1. The summed E-state index contributed by atoms with van der Waals surface area (Å²) in [6.07, 6.45) is 1.41. The van der Waals surface area contributed by atoms with Gasteiger partial charge in [-0.1, -0.05) is 41.9 Å². The molecule has 1 aliphatic carbocycles. The molecule has 1 unspecified atom stereocenters. The minimum absolute atomic E-state index is 0.00796. The fourth-order valence-corrected chi connectivity index (χ4v) is 4.87. The molecule has 33 heavy (non-hydrogen) atoms. The lowest BCUT2D eigenvalue weighted by Gasteiger charge is -2.27.